The lowest BCUT2D eigenvalue weighted by Gasteiger charge is -2.23. The molecule has 1 saturated heterocycles. The van der Waals surface area contributed by atoms with Crippen LogP contribution in [0, 0.1) is 6.92 Å². The fourth-order valence-electron chi connectivity index (χ4n) is 2.41. The quantitative estimate of drug-likeness (QED) is 0.789. The van der Waals surface area contributed by atoms with Crippen LogP contribution in [0.2, 0.25) is 0 Å². The number of benzene rings is 1. The van der Waals surface area contributed by atoms with Gasteiger partial charge in [0.05, 0.1) is 0 Å². The Morgan fingerprint density at radius 3 is 2.19 bits per heavy atom. The third-order valence-corrected chi connectivity index (χ3v) is 3.72. The Morgan fingerprint density at radius 2 is 1.67 bits per heavy atom. The van der Waals surface area contributed by atoms with Gasteiger partial charge in [0.1, 0.15) is 11.6 Å². The van der Waals surface area contributed by atoms with Gasteiger partial charge in [-0.1, -0.05) is 29.8 Å². The summed E-state index contributed by atoms with van der Waals surface area (Å²) >= 11 is 0. The highest BCUT2D eigenvalue weighted by atomic mass is 16.7. The van der Waals surface area contributed by atoms with Crippen molar-refractivity contribution in [3.8, 4) is 0 Å². The molecule has 0 spiro atoms. The van der Waals surface area contributed by atoms with Crippen molar-refractivity contribution in [3.05, 3.63) is 35.4 Å². The summed E-state index contributed by atoms with van der Waals surface area (Å²) in [6.07, 6.45) is -0.688. The summed E-state index contributed by atoms with van der Waals surface area (Å²) in [4.78, 5) is 52.9. The summed E-state index contributed by atoms with van der Waals surface area (Å²) in [6.45, 7) is 7.02. The highest BCUT2D eigenvalue weighted by molar-refractivity contribution is 6.01. The third kappa shape index (κ3) is 6.09. The minimum atomic E-state index is -1.12. The van der Waals surface area contributed by atoms with Gasteiger partial charge in [0.15, 0.2) is 0 Å². The summed E-state index contributed by atoms with van der Waals surface area (Å²) < 4.78 is 5.18. The topological polar surface area (TPSA) is 102 Å². The van der Waals surface area contributed by atoms with Crippen molar-refractivity contribution < 1.29 is 28.8 Å². The Balaban J connectivity index is 2.13. The number of alkyl carbamates (subject to hydrolysis) is 1. The van der Waals surface area contributed by atoms with Crippen molar-refractivity contribution in [3.63, 3.8) is 0 Å². The third-order valence-electron chi connectivity index (χ3n) is 3.72. The van der Waals surface area contributed by atoms with E-state index >= 15 is 0 Å². The average molecular weight is 376 g/mol. The van der Waals surface area contributed by atoms with Crippen molar-refractivity contribution in [2.24, 2.45) is 0 Å². The van der Waals surface area contributed by atoms with Crippen LogP contribution in [0.4, 0.5) is 4.79 Å². The van der Waals surface area contributed by atoms with E-state index < -0.39 is 35.5 Å². The second-order valence-electron chi connectivity index (χ2n) is 7.38. The first-order valence-electron chi connectivity index (χ1n) is 8.68. The van der Waals surface area contributed by atoms with Gasteiger partial charge in [0.2, 0.25) is 0 Å². The van der Waals surface area contributed by atoms with Crippen LogP contribution in [-0.4, -0.2) is 40.6 Å². The first-order valence-corrected chi connectivity index (χ1v) is 8.68. The molecule has 1 heterocycles. The van der Waals surface area contributed by atoms with Gasteiger partial charge in [-0.2, -0.15) is 0 Å². The second kappa shape index (κ2) is 8.20. The number of hydrogen-bond acceptors (Lipinski definition) is 6. The largest absolute Gasteiger partial charge is 0.444 e. The van der Waals surface area contributed by atoms with Crippen molar-refractivity contribution in [2.75, 3.05) is 0 Å². The lowest BCUT2D eigenvalue weighted by atomic mass is 10.0. The molecule has 0 aromatic heterocycles. The van der Waals surface area contributed by atoms with Gasteiger partial charge in [-0.25, -0.2) is 9.59 Å². The predicted octanol–water partition coefficient (Wildman–Crippen LogP) is 2.04. The fourth-order valence-corrected chi connectivity index (χ4v) is 2.41. The molecule has 1 fully saturated rings. The van der Waals surface area contributed by atoms with Gasteiger partial charge in [-0.3, -0.25) is 9.59 Å². The summed E-state index contributed by atoms with van der Waals surface area (Å²) in [7, 11) is 0. The molecule has 0 aliphatic carbocycles. The van der Waals surface area contributed by atoms with Crippen LogP contribution in [-0.2, 0) is 30.4 Å². The minimum absolute atomic E-state index is 0.00572. The zero-order valence-corrected chi connectivity index (χ0v) is 15.9. The van der Waals surface area contributed by atoms with Crippen LogP contribution < -0.4 is 5.32 Å². The Bertz CT molecular complexity index is 720. The molecule has 0 saturated carbocycles. The standard InChI is InChI=1S/C19H24N2O6/c1-12-5-7-13(8-6-12)11-14(20-18(25)26-19(2,3)4)17(24)27-21-15(22)9-10-16(21)23/h5-8,14H,9-11H2,1-4H3,(H,20,25). The fraction of sp³-hybridized carbons (Fsp3) is 0.474. The molecule has 1 N–H and O–H groups in total. The number of carbonyl (C=O) groups is 4. The number of nitrogens with zero attached hydrogens (tertiary/aromatic N) is 1. The molecule has 8 heteroatoms. The molecule has 2 rings (SSSR count). The van der Waals surface area contributed by atoms with E-state index in [0.717, 1.165) is 11.1 Å². The number of nitrogens with one attached hydrogen (secondary N) is 1. The summed E-state index contributed by atoms with van der Waals surface area (Å²) in [5.41, 5.74) is 1.08. The molecular formula is C19H24N2O6. The van der Waals surface area contributed by atoms with Gasteiger partial charge >= 0.3 is 12.1 Å². The van der Waals surface area contributed by atoms with Crippen molar-refractivity contribution in [1.29, 1.82) is 0 Å². The Morgan fingerprint density at radius 1 is 1.11 bits per heavy atom. The predicted molar refractivity (Wildman–Crippen MR) is 95.2 cm³/mol. The number of amides is 3. The normalized spacial score (nSPS) is 15.5. The maximum Gasteiger partial charge on any atom is 0.408 e. The number of hydroxylamine groups is 2. The van der Waals surface area contributed by atoms with E-state index in [4.69, 9.17) is 9.57 Å². The Hall–Kier alpha value is -2.90. The SMILES string of the molecule is Cc1ccc(CC(NC(=O)OC(C)(C)C)C(=O)ON2C(=O)CCC2=O)cc1. The van der Waals surface area contributed by atoms with Crippen LogP contribution in [0.5, 0.6) is 0 Å². The van der Waals surface area contributed by atoms with Crippen LogP contribution in [0.1, 0.15) is 44.7 Å². The molecule has 1 aromatic carbocycles. The van der Waals surface area contributed by atoms with Crippen molar-refractivity contribution in [2.45, 2.75) is 58.6 Å². The van der Waals surface area contributed by atoms with Gasteiger partial charge in [-0.15, -0.1) is 5.06 Å². The van der Waals surface area contributed by atoms with E-state index in [9.17, 15) is 19.2 Å². The molecule has 27 heavy (non-hydrogen) atoms. The van der Waals surface area contributed by atoms with Gasteiger partial charge in [0, 0.05) is 19.3 Å². The van der Waals surface area contributed by atoms with E-state index in [-0.39, 0.29) is 19.3 Å². The first-order chi connectivity index (χ1) is 12.5. The maximum absolute atomic E-state index is 12.5. The van der Waals surface area contributed by atoms with E-state index in [0.29, 0.717) is 5.06 Å². The molecule has 0 bridgehead atoms. The van der Waals surface area contributed by atoms with Crippen molar-refractivity contribution in [1.82, 2.24) is 10.4 Å². The number of carbonyl (C=O) groups excluding carboxylic acids is 4. The van der Waals surface area contributed by atoms with Crippen LogP contribution in [0.3, 0.4) is 0 Å². The summed E-state index contributed by atoms with van der Waals surface area (Å²) in [5.74, 6) is -2.08. The number of hydrogen-bond donors (Lipinski definition) is 1. The molecule has 1 unspecified atom stereocenters. The molecule has 1 aliphatic rings. The van der Waals surface area contributed by atoms with E-state index in [1.165, 1.54) is 0 Å². The Kier molecular flexibility index (Phi) is 6.20. The maximum atomic E-state index is 12.5. The number of rotatable bonds is 5. The summed E-state index contributed by atoms with van der Waals surface area (Å²) in [6, 6.07) is 6.26. The van der Waals surface area contributed by atoms with E-state index in [1.807, 2.05) is 31.2 Å². The second-order valence-corrected chi connectivity index (χ2v) is 7.38. The van der Waals surface area contributed by atoms with Gasteiger partial charge in [-0.05, 0) is 33.3 Å². The molecule has 1 aromatic rings. The Labute approximate surface area is 157 Å². The van der Waals surface area contributed by atoms with Crippen LogP contribution in [0.15, 0.2) is 24.3 Å². The van der Waals surface area contributed by atoms with Crippen LogP contribution in [0.25, 0.3) is 0 Å². The molecule has 8 nitrogen and oxygen atoms in total. The summed E-state index contributed by atoms with van der Waals surface area (Å²) in [5, 5.41) is 2.91. The molecular weight excluding hydrogens is 352 g/mol. The first kappa shape index (κ1) is 20.4. The highest BCUT2D eigenvalue weighted by Crippen LogP contribution is 2.15. The van der Waals surface area contributed by atoms with Gasteiger partial charge in [0.25, 0.3) is 11.8 Å². The lowest BCUT2D eigenvalue weighted by molar-refractivity contribution is -0.198. The minimum Gasteiger partial charge on any atom is -0.444 e. The zero-order chi connectivity index (χ0) is 20.2. The monoisotopic (exact) mass is 376 g/mol. The van der Waals surface area contributed by atoms with Crippen LogP contribution >= 0.6 is 0 Å². The highest BCUT2D eigenvalue weighted by Gasteiger charge is 2.35. The smallest absolute Gasteiger partial charge is 0.408 e. The van der Waals surface area contributed by atoms with Crippen molar-refractivity contribution >= 4 is 23.9 Å². The lowest BCUT2D eigenvalue weighted by Crippen LogP contribution is -2.48. The zero-order valence-electron chi connectivity index (χ0n) is 15.9. The van der Waals surface area contributed by atoms with E-state index in [1.54, 1.807) is 20.8 Å². The number of aryl methyl sites for hydroxylation is 1. The number of ether oxygens (including phenoxy) is 1. The number of imide groups is 1. The molecule has 3 amide bonds. The molecule has 1 atom stereocenters. The molecule has 146 valence electrons. The van der Waals surface area contributed by atoms with Gasteiger partial charge < -0.3 is 14.9 Å². The molecule has 0 radical (unpaired) electrons. The molecule has 1 aliphatic heterocycles. The average Bonchev–Trinajstić information content (AvgIpc) is 2.86. The van der Waals surface area contributed by atoms with E-state index in [2.05, 4.69) is 5.32 Å².